The van der Waals surface area contributed by atoms with E-state index in [1.54, 1.807) is 19.1 Å². The van der Waals surface area contributed by atoms with Crippen LogP contribution in [0.2, 0.25) is 0 Å². The van der Waals surface area contributed by atoms with Gasteiger partial charge in [-0.05, 0) is 31.9 Å². The molecule has 5 heteroatoms. The minimum atomic E-state index is -0.162. The maximum atomic E-state index is 11.4. The van der Waals surface area contributed by atoms with Crippen molar-refractivity contribution in [1.29, 1.82) is 0 Å². The first-order valence-electron chi connectivity index (χ1n) is 5.54. The number of aryl methyl sites for hydroxylation is 1. The number of rotatable bonds is 5. The lowest BCUT2D eigenvalue weighted by molar-refractivity contribution is -0.123. The average Bonchev–Trinajstić information content (AvgIpc) is 3.11. The molecule has 90 valence electrons. The van der Waals surface area contributed by atoms with Crippen LogP contribution >= 0.6 is 0 Å². The van der Waals surface area contributed by atoms with Crippen LogP contribution in [0.15, 0.2) is 12.1 Å². The van der Waals surface area contributed by atoms with Crippen LogP contribution in [0.4, 0.5) is 0 Å². The second-order valence-corrected chi connectivity index (χ2v) is 4.08. The Morgan fingerprint density at radius 1 is 1.59 bits per heavy atom. The van der Waals surface area contributed by atoms with E-state index in [1.165, 1.54) is 0 Å². The highest BCUT2D eigenvalue weighted by Crippen LogP contribution is 2.19. The molecule has 1 fully saturated rings. The van der Waals surface area contributed by atoms with E-state index in [4.69, 9.17) is 4.74 Å². The lowest BCUT2D eigenvalue weighted by Gasteiger charge is -2.08. The van der Waals surface area contributed by atoms with Crippen molar-refractivity contribution in [3.8, 4) is 5.75 Å². The summed E-state index contributed by atoms with van der Waals surface area (Å²) in [4.78, 5) is 26.2. The topological polar surface area (TPSA) is 68.3 Å². The average molecular weight is 234 g/mol. The molecule has 1 amide bonds. The summed E-state index contributed by atoms with van der Waals surface area (Å²) in [5, 5.41) is 2.80. The second kappa shape index (κ2) is 4.95. The summed E-state index contributed by atoms with van der Waals surface area (Å²) in [5.41, 5.74) is 0.964. The molecular weight excluding hydrogens is 220 g/mol. The zero-order chi connectivity index (χ0) is 12.3. The molecule has 0 spiro atoms. The number of ether oxygens (including phenoxy) is 1. The number of aldehydes is 1. The van der Waals surface area contributed by atoms with Crippen LogP contribution in [-0.2, 0) is 4.79 Å². The van der Waals surface area contributed by atoms with E-state index in [0.29, 0.717) is 18.1 Å². The molecule has 0 radical (unpaired) electrons. The summed E-state index contributed by atoms with van der Waals surface area (Å²) in [7, 11) is 0. The van der Waals surface area contributed by atoms with Gasteiger partial charge in [-0.1, -0.05) is 0 Å². The molecule has 1 heterocycles. The third-order valence-corrected chi connectivity index (χ3v) is 2.44. The van der Waals surface area contributed by atoms with Gasteiger partial charge in [0.1, 0.15) is 11.4 Å². The van der Waals surface area contributed by atoms with Gasteiger partial charge in [0.25, 0.3) is 5.91 Å². The number of carbonyl (C=O) groups excluding carboxylic acids is 2. The van der Waals surface area contributed by atoms with E-state index in [2.05, 4.69) is 10.3 Å². The smallest absolute Gasteiger partial charge is 0.258 e. The Kier molecular flexibility index (Phi) is 3.37. The van der Waals surface area contributed by atoms with E-state index in [-0.39, 0.29) is 18.2 Å². The van der Waals surface area contributed by atoms with Crippen LogP contribution in [0.5, 0.6) is 5.75 Å². The van der Waals surface area contributed by atoms with Gasteiger partial charge >= 0.3 is 0 Å². The summed E-state index contributed by atoms with van der Waals surface area (Å²) < 4.78 is 5.27. The van der Waals surface area contributed by atoms with Gasteiger partial charge < -0.3 is 10.1 Å². The van der Waals surface area contributed by atoms with Crippen molar-refractivity contribution < 1.29 is 14.3 Å². The largest absolute Gasteiger partial charge is 0.481 e. The number of carbonyl (C=O) groups is 2. The predicted molar refractivity (Wildman–Crippen MR) is 61.0 cm³/mol. The van der Waals surface area contributed by atoms with Gasteiger partial charge in [0, 0.05) is 11.7 Å². The summed E-state index contributed by atoms with van der Waals surface area (Å²) in [6.07, 6.45) is 2.70. The van der Waals surface area contributed by atoms with Crippen molar-refractivity contribution in [3.05, 3.63) is 23.5 Å². The van der Waals surface area contributed by atoms with Crippen molar-refractivity contribution in [2.45, 2.75) is 25.8 Å². The molecule has 1 saturated carbocycles. The van der Waals surface area contributed by atoms with Gasteiger partial charge in [-0.3, -0.25) is 9.59 Å². The van der Waals surface area contributed by atoms with Gasteiger partial charge in [0.15, 0.2) is 12.9 Å². The normalized spacial score (nSPS) is 14.2. The second-order valence-electron chi connectivity index (χ2n) is 4.08. The monoisotopic (exact) mass is 234 g/mol. The Balaban J connectivity index is 1.93. The molecule has 0 aromatic carbocycles. The SMILES string of the molecule is Cc1ccc(OCC(=O)NC2CC2)c(C=O)n1. The van der Waals surface area contributed by atoms with Crippen molar-refractivity contribution >= 4 is 12.2 Å². The summed E-state index contributed by atoms with van der Waals surface area (Å²) in [5.74, 6) is 0.182. The van der Waals surface area contributed by atoms with E-state index in [1.807, 2.05) is 0 Å². The fourth-order valence-corrected chi connectivity index (χ4v) is 1.41. The van der Waals surface area contributed by atoms with E-state index in [9.17, 15) is 9.59 Å². The van der Waals surface area contributed by atoms with Gasteiger partial charge in [-0.15, -0.1) is 0 Å². The molecule has 2 rings (SSSR count). The Morgan fingerprint density at radius 3 is 3.00 bits per heavy atom. The Bertz CT molecular complexity index is 441. The highest BCUT2D eigenvalue weighted by molar-refractivity contribution is 5.79. The minimum Gasteiger partial charge on any atom is -0.481 e. The third-order valence-electron chi connectivity index (χ3n) is 2.44. The fraction of sp³-hybridized carbons (Fsp3) is 0.417. The first-order chi connectivity index (χ1) is 8.19. The summed E-state index contributed by atoms with van der Waals surface area (Å²) >= 11 is 0. The van der Waals surface area contributed by atoms with Gasteiger partial charge in [-0.25, -0.2) is 4.98 Å². The molecule has 1 aromatic rings. The van der Waals surface area contributed by atoms with Crippen molar-refractivity contribution in [1.82, 2.24) is 10.3 Å². The highest BCUT2D eigenvalue weighted by atomic mass is 16.5. The number of nitrogens with one attached hydrogen (secondary N) is 1. The Morgan fingerprint density at radius 2 is 2.35 bits per heavy atom. The van der Waals surface area contributed by atoms with Crippen LogP contribution in [0.1, 0.15) is 29.0 Å². The van der Waals surface area contributed by atoms with Crippen molar-refractivity contribution in [2.75, 3.05) is 6.61 Å². The van der Waals surface area contributed by atoms with Crippen LogP contribution in [-0.4, -0.2) is 29.8 Å². The molecule has 1 aromatic heterocycles. The summed E-state index contributed by atoms with van der Waals surface area (Å²) in [6, 6.07) is 3.70. The molecule has 1 aliphatic rings. The van der Waals surface area contributed by atoms with E-state index in [0.717, 1.165) is 18.5 Å². The summed E-state index contributed by atoms with van der Waals surface area (Å²) in [6.45, 7) is 1.71. The van der Waals surface area contributed by atoms with Crippen LogP contribution in [0.25, 0.3) is 0 Å². The maximum absolute atomic E-state index is 11.4. The molecule has 0 bridgehead atoms. The van der Waals surface area contributed by atoms with Crippen LogP contribution in [0, 0.1) is 6.92 Å². The lowest BCUT2D eigenvalue weighted by atomic mass is 10.3. The lowest BCUT2D eigenvalue weighted by Crippen LogP contribution is -2.30. The zero-order valence-corrected chi connectivity index (χ0v) is 9.60. The standard InChI is InChI=1S/C12H14N2O3/c1-8-2-5-11(10(6-15)13-8)17-7-12(16)14-9-3-4-9/h2,5-6,9H,3-4,7H2,1H3,(H,14,16). The number of amides is 1. The molecule has 5 nitrogen and oxygen atoms in total. The molecule has 17 heavy (non-hydrogen) atoms. The number of hydrogen-bond donors (Lipinski definition) is 1. The van der Waals surface area contributed by atoms with E-state index < -0.39 is 0 Å². The van der Waals surface area contributed by atoms with Crippen molar-refractivity contribution in [3.63, 3.8) is 0 Å². The molecule has 1 aliphatic carbocycles. The number of aromatic nitrogens is 1. The minimum absolute atomic E-state index is 0.0813. The predicted octanol–water partition coefficient (Wildman–Crippen LogP) is 0.860. The molecule has 0 saturated heterocycles. The van der Waals surface area contributed by atoms with Gasteiger partial charge in [0.2, 0.25) is 0 Å². The zero-order valence-electron chi connectivity index (χ0n) is 9.60. The first-order valence-corrected chi connectivity index (χ1v) is 5.54. The third kappa shape index (κ3) is 3.27. The van der Waals surface area contributed by atoms with Gasteiger partial charge in [0.05, 0.1) is 0 Å². The highest BCUT2D eigenvalue weighted by Gasteiger charge is 2.23. The fourth-order valence-electron chi connectivity index (χ4n) is 1.41. The quantitative estimate of drug-likeness (QED) is 0.767. The first kappa shape index (κ1) is 11.6. The Labute approximate surface area is 99.2 Å². The maximum Gasteiger partial charge on any atom is 0.258 e. The Hall–Kier alpha value is -1.91. The molecule has 0 aliphatic heterocycles. The van der Waals surface area contributed by atoms with Crippen LogP contribution in [0.3, 0.4) is 0 Å². The molecule has 0 unspecified atom stereocenters. The number of nitrogens with zero attached hydrogens (tertiary/aromatic N) is 1. The van der Waals surface area contributed by atoms with Crippen LogP contribution < -0.4 is 10.1 Å². The molecular formula is C12H14N2O3. The number of pyridine rings is 1. The molecule has 1 N–H and O–H groups in total. The van der Waals surface area contributed by atoms with Gasteiger partial charge in [-0.2, -0.15) is 0 Å². The number of hydrogen-bond acceptors (Lipinski definition) is 4. The van der Waals surface area contributed by atoms with Crippen molar-refractivity contribution in [2.24, 2.45) is 0 Å². The van der Waals surface area contributed by atoms with E-state index >= 15 is 0 Å². The molecule has 0 atom stereocenters.